The summed E-state index contributed by atoms with van der Waals surface area (Å²) in [4.78, 5) is 36.7. The molecule has 0 unspecified atom stereocenters. The number of hydrogen-bond acceptors (Lipinski definition) is 5. The predicted octanol–water partition coefficient (Wildman–Crippen LogP) is 2.91. The minimum atomic E-state index is -0.643. The Morgan fingerprint density at radius 3 is 2.42 bits per heavy atom. The van der Waals surface area contributed by atoms with E-state index in [1.165, 1.54) is 12.1 Å². The highest BCUT2D eigenvalue weighted by atomic mass is 16.6. The molecule has 136 valence electrons. The first-order valence-corrected chi connectivity index (χ1v) is 8.12. The molecule has 2 amide bonds. The maximum absolute atomic E-state index is 12.4. The Morgan fingerprint density at radius 1 is 1.12 bits per heavy atom. The van der Waals surface area contributed by atoms with Gasteiger partial charge in [0.2, 0.25) is 0 Å². The Kier molecular flexibility index (Phi) is 5.90. The Hall–Kier alpha value is -3.42. The lowest BCUT2D eigenvalue weighted by molar-refractivity contribution is -0.383. The van der Waals surface area contributed by atoms with E-state index >= 15 is 0 Å². The number of benzene rings is 2. The fourth-order valence-corrected chi connectivity index (χ4v) is 2.47. The molecule has 8 nitrogen and oxygen atoms in total. The van der Waals surface area contributed by atoms with Crippen molar-refractivity contribution in [1.29, 1.82) is 0 Å². The lowest BCUT2D eigenvalue weighted by Gasteiger charge is -2.19. The third-order valence-corrected chi connectivity index (χ3v) is 3.91. The van der Waals surface area contributed by atoms with Crippen LogP contribution in [0, 0.1) is 10.1 Å². The second-order valence-corrected chi connectivity index (χ2v) is 5.54. The van der Waals surface area contributed by atoms with E-state index in [2.05, 4.69) is 5.32 Å². The topological polar surface area (TPSA) is 119 Å². The molecule has 0 aliphatic heterocycles. The van der Waals surface area contributed by atoms with Gasteiger partial charge in [0.25, 0.3) is 17.5 Å². The van der Waals surface area contributed by atoms with Crippen molar-refractivity contribution < 1.29 is 14.5 Å². The minimum absolute atomic E-state index is 0.0154. The van der Waals surface area contributed by atoms with Gasteiger partial charge in [-0.05, 0) is 44.2 Å². The summed E-state index contributed by atoms with van der Waals surface area (Å²) >= 11 is 0. The highest BCUT2D eigenvalue weighted by Crippen LogP contribution is 2.23. The largest absolute Gasteiger partial charge is 0.393 e. The first-order chi connectivity index (χ1) is 12.4. The van der Waals surface area contributed by atoms with Gasteiger partial charge in [0.05, 0.1) is 4.92 Å². The molecular formula is C18H20N4O4. The van der Waals surface area contributed by atoms with Crippen LogP contribution in [0.3, 0.4) is 0 Å². The van der Waals surface area contributed by atoms with Gasteiger partial charge >= 0.3 is 0 Å². The van der Waals surface area contributed by atoms with Gasteiger partial charge in [0.1, 0.15) is 5.69 Å². The molecule has 2 rings (SSSR count). The van der Waals surface area contributed by atoms with Crippen LogP contribution >= 0.6 is 0 Å². The normalized spacial score (nSPS) is 10.2. The van der Waals surface area contributed by atoms with Crippen LogP contribution in [0.25, 0.3) is 0 Å². The molecule has 0 spiro atoms. The lowest BCUT2D eigenvalue weighted by atomic mass is 10.1. The van der Waals surface area contributed by atoms with Crippen LogP contribution in [-0.2, 0) is 0 Å². The van der Waals surface area contributed by atoms with Crippen molar-refractivity contribution in [1.82, 2.24) is 4.90 Å². The number of anilines is 2. The summed E-state index contributed by atoms with van der Waals surface area (Å²) in [6.07, 6.45) is 0. The van der Waals surface area contributed by atoms with Crippen LogP contribution in [0.5, 0.6) is 0 Å². The summed E-state index contributed by atoms with van der Waals surface area (Å²) in [5.74, 6) is -0.658. The van der Waals surface area contributed by atoms with Crippen molar-refractivity contribution in [3.05, 3.63) is 63.7 Å². The summed E-state index contributed by atoms with van der Waals surface area (Å²) in [6.45, 7) is 4.95. The third-order valence-electron chi connectivity index (χ3n) is 3.91. The molecule has 0 heterocycles. The Morgan fingerprint density at radius 2 is 1.81 bits per heavy atom. The molecule has 3 N–H and O–H groups in total. The molecule has 0 aliphatic rings. The van der Waals surface area contributed by atoms with Gasteiger partial charge in [0, 0.05) is 36.0 Å². The molecule has 0 aliphatic carbocycles. The number of nitrogens with one attached hydrogen (secondary N) is 1. The van der Waals surface area contributed by atoms with Crippen molar-refractivity contribution in [3.63, 3.8) is 0 Å². The van der Waals surface area contributed by atoms with Crippen LogP contribution in [0.4, 0.5) is 17.1 Å². The molecule has 0 saturated heterocycles. The van der Waals surface area contributed by atoms with Crippen LogP contribution in [0.2, 0.25) is 0 Å². The van der Waals surface area contributed by atoms with Gasteiger partial charge in [-0.25, -0.2) is 0 Å². The third kappa shape index (κ3) is 4.15. The highest BCUT2D eigenvalue weighted by Gasteiger charge is 2.17. The molecule has 0 saturated carbocycles. The van der Waals surface area contributed by atoms with E-state index in [1.54, 1.807) is 29.2 Å². The maximum Gasteiger partial charge on any atom is 0.292 e. The van der Waals surface area contributed by atoms with Crippen LogP contribution < -0.4 is 11.1 Å². The average Bonchev–Trinajstić information content (AvgIpc) is 2.62. The fourth-order valence-electron chi connectivity index (χ4n) is 2.47. The monoisotopic (exact) mass is 356 g/mol. The number of rotatable bonds is 6. The second kappa shape index (κ2) is 8.11. The summed E-state index contributed by atoms with van der Waals surface area (Å²) < 4.78 is 0. The SMILES string of the molecule is CCN(CC)C(=O)c1cccc(NC(=O)c2ccc(N)c([N+](=O)[O-])c2)c1. The molecule has 2 aromatic rings. The average molecular weight is 356 g/mol. The number of hydrogen-bond donors (Lipinski definition) is 2. The molecule has 26 heavy (non-hydrogen) atoms. The van der Waals surface area contributed by atoms with Crippen molar-refractivity contribution >= 4 is 28.9 Å². The van der Waals surface area contributed by atoms with Crippen molar-refractivity contribution in [3.8, 4) is 0 Å². The minimum Gasteiger partial charge on any atom is -0.393 e. The van der Waals surface area contributed by atoms with Crippen LogP contribution in [-0.4, -0.2) is 34.7 Å². The summed E-state index contributed by atoms with van der Waals surface area (Å²) in [7, 11) is 0. The van der Waals surface area contributed by atoms with E-state index in [9.17, 15) is 19.7 Å². The van der Waals surface area contributed by atoms with Crippen molar-refractivity contribution in [2.45, 2.75) is 13.8 Å². The Bertz CT molecular complexity index is 847. The molecule has 0 radical (unpaired) electrons. The van der Waals surface area contributed by atoms with Gasteiger partial charge in [-0.1, -0.05) is 6.07 Å². The zero-order valence-corrected chi connectivity index (χ0v) is 14.6. The lowest BCUT2D eigenvalue weighted by Crippen LogP contribution is -2.30. The summed E-state index contributed by atoms with van der Waals surface area (Å²) in [6, 6.07) is 10.4. The number of nitro groups is 1. The first-order valence-electron chi connectivity index (χ1n) is 8.12. The Labute approximate surface area is 150 Å². The molecule has 0 bridgehead atoms. The number of nitrogens with zero attached hydrogens (tertiary/aromatic N) is 2. The zero-order valence-electron chi connectivity index (χ0n) is 14.6. The van der Waals surface area contributed by atoms with Crippen molar-refractivity contribution in [2.75, 3.05) is 24.1 Å². The van der Waals surface area contributed by atoms with Crippen LogP contribution in [0.15, 0.2) is 42.5 Å². The van der Waals surface area contributed by atoms with Crippen molar-refractivity contribution in [2.24, 2.45) is 0 Å². The molecule has 0 aromatic heterocycles. The highest BCUT2D eigenvalue weighted by molar-refractivity contribution is 6.05. The zero-order chi connectivity index (χ0) is 19.3. The molecule has 8 heteroatoms. The molecule has 0 fully saturated rings. The van der Waals surface area contributed by atoms with Gasteiger partial charge in [0.15, 0.2) is 0 Å². The van der Waals surface area contributed by atoms with Gasteiger partial charge in [-0.15, -0.1) is 0 Å². The standard InChI is InChI=1S/C18H20N4O4/c1-3-21(4-2)18(24)13-6-5-7-14(10-13)20-17(23)12-8-9-15(19)16(11-12)22(25)26/h5-11H,3-4,19H2,1-2H3,(H,20,23). The first kappa shape index (κ1) is 18.9. The fraction of sp³-hybridized carbons (Fsp3) is 0.222. The van der Waals surface area contributed by atoms with Crippen LogP contribution in [0.1, 0.15) is 34.6 Å². The van der Waals surface area contributed by atoms with E-state index in [1.807, 2.05) is 13.8 Å². The number of nitrogens with two attached hydrogens (primary N) is 1. The number of carbonyl (C=O) groups is 2. The van der Waals surface area contributed by atoms with Gasteiger partial charge < -0.3 is 16.0 Å². The van der Waals surface area contributed by atoms with Gasteiger partial charge in [-0.3, -0.25) is 19.7 Å². The number of amides is 2. The predicted molar refractivity (Wildman–Crippen MR) is 99.2 cm³/mol. The van der Waals surface area contributed by atoms with E-state index in [0.717, 1.165) is 6.07 Å². The van der Waals surface area contributed by atoms with E-state index in [-0.39, 0.29) is 22.8 Å². The second-order valence-electron chi connectivity index (χ2n) is 5.54. The smallest absolute Gasteiger partial charge is 0.292 e. The van der Waals surface area contributed by atoms with E-state index < -0.39 is 10.8 Å². The van der Waals surface area contributed by atoms with E-state index in [0.29, 0.717) is 24.3 Å². The van der Waals surface area contributed by atoms with Gasteiger partial charge in [-0.2, -0.15) is 0 Å². The number of carbonyl (C=O) groups excluding carboxylic acids is 2. The summed E-state index contributed by atoms with van der Waals surface area (Å²) in [5, 5.41) is 13.6. The summed E-state index contributed by atoms with van der Waals surface area (Å²) in [5.41, 5.74) is 6.17. The molecule has 2 aromatic carbocycles. The van der Waals surface area contributed by atoms with E-state index in [4.69, 9.17) is 5.73 Å². The quantitative estimate of drug-likeness (QED) is 0.468. The molecular weight excluding hydrogens is 336 g/mol. The number of nitrogen functional groups attached to an aromatic ring is 1. The molecule has 0 atom stereocenters. The maximum atomic E-state index is 12.4. The number of nitro benzene ring substituents is 1. The Balaban J connectivity index is 2.22.